The van der Waals surface area contributed by atoms with Crippen molar-refractivity contribution in [2.75, 3.05) is 27.1 Å². The van der Waals surface area contributed by atoms with Gasteiger partial charge in [0.25, 0.3) is 0 Å². The fraction of sp³-hybridized carbons (Fsp3) is 0.579. The Hall–Kier alpha value is -2.03. The highest BCUT2D eigenvalue weighted by Gasteiger charge is 2.26. The Kier molecular flexibility index (Phi) is 6.98. The van der Waals surface area contributed by atoms with Gasteiger partial charge in [-0.1, -0.05) is 31.0 Å². The van der Waals surface area contributed by atoms with Gasteiger partial charge in [0.05, 0.1) is 27.1 Å². The molecule has 0 N–H and O–H groups in total. The van der Waals surface area contributed by atoms with Gasteiger partial charge in [0.2, 0.25) is 12.2 Å². The Morgan fingerprint density at radius 2 is 1.68 bits per heavy atom. The van der Waals surface area contributed by atoms with Crippen LogP contribution in [-0.2, 0) is 0 Å². The van der Waals surface area contributed by atoms with E-state index in [1.807, 2.05) is 16.7 Å². The second-order valence-electron chi connectivity index (χ2n) is 6.58. The maximum atomic E-state index is 12.8. The SMILES string of the molecule is COc1cc(-c2nnc(SCC(F)F)n2C2CCCCC2)cc(OC)c1OC. The molecule has 1 fully saturated rings. The number of alkyl halides is 2. The van der Waals surface area contributed by atoms with Crippen LogP contribution in [-0.4, -0.2) is 48.3 Å². The summed E-state index contributed by atoms with van der Waals surface area (Å²) in [6, 6.07) is 3.82. The van der Waals surface area contributed by atoms with Crippen molar-refractivity contribution in [3.63, 3.8) is 0 Å². The second-order valence-corrected chi connectivity index (χ2v) is 7.57. The minimum Gasteiger partial charge on any atom is -0.493 e. The van der Waals surface area contributed by atoms with E-state index in [0.29, 0.717) is 28.2 Å². The van der Waals surface area contributed by atoms with Crippen LogP contribution in [0, 0.1) is 0 Å². The molecule has 0 unspecified atom stereocenters. The van der Waals surface area contributed by atoms with Crippen molar-refractivity contribution in [1.82, 2.24) is 14.8 Å². The van der Waals surface area contributed by atoms with E-state index in [-0.39, 0.29) is 11.8 Å². The Bertz CT molecular complexity index is 770. The number of methoxy groups -OCH3 is 3. The fourth-order valence-corrected chi connectivity index (χ4v) is 4.34. The molecule has 1 saturated carbocycles. The second kappa shape index (κ2) is 9.45. The van der Waals surface area contributed by atoms with E-state index in [4.69, 9.17) is 14.2 Å². The first-order valence-electron chi connectivity index (χ1n) is 9.25. The standard InChI is InChI=1S/C19H25F2N3O3S/c1-25-14-9-12(10-15(26-2)17(14)27-3)18-22-23-19(28-11-16(20)21)24(18)13-7-5-4-6-8-13/h9-10,13,16H,4-8,11H2,1-3H3. The number of ether oxygens (including phenoxy) is 3. The lowest BCUT2D eigenvalue weighted by atomic mass is 9.95. The van der Waals surface area contributed by atoms with Gasteiger partial charge in [-0.15, -0.1) is 10.2 Å². The van der Waals surface area contributed by atoms with Gasteiger partial charge >= 0.3 is 0 Å². The summed E-state index contributed by atoms with van der Waals surface area (Å²) < 4.78 is 43.8. The van der Waals surface area contributed by atoms with Crippen molar-refractivity contribution in [3.8, 4) is 28.6 Å². The van der Waals surface area contributed by atoms with Crippen molar-refractivity contribution in [2.45, 2.75) is 49.7 Å². The zero-order valence-corrected chi connectivity index (χ0v) is 17.1. The molecule has 3 rings (SSSR count). The number of hydrogen-bond acceptors (Lipinski definition) is 6. The third-order valence-electron chi connectivity index (χ3n) is 4.87. The molecule has 1 aromatic carbocycles. The molecule has 9 heteroatoms. The molecule has 28 heavy (non-hydrogen) atoms. The average molecular weight is 413 g/mol. The van der Waals surface area contributed by atoms with Gasteiger partial charge in [-0.3, -0.25) is 4.57 Å². The number of hydrogen-bond donors (Lipinski definition) is 0. The van der Waals surface area contributed by atoms with E-state index in [9.17, 15) is 8.78 Å². The lowest BCUT2D eigenvalue weighted by Crippen LogP contribution is -2.15. The summed E-state index contributed by atoms with van der Waals surface area (Å²) in [7, 11) is 4.65. The van der Waals surface area contributed by atoms with Crippen LogP contribution >= 0.6 is 11.8 Å². The molecule has 1 aliphatic carbocycles. The van der Waals surface area contributed by atoms with Gasteiger partial charge in [0.15, 0.2) is 22.5 Å². The monoisotopic (exact) mass is 413 g/mol. The predicted octanol–water partition coefficient (Wildman–Crippen LogP) is 4.83. The number of rotatable bonds is 8. The van der Waals surface area contributed by atoms with Gasteiger partial charge in [-0.2, -0.15) is 0 Å². The molecule has 0 aliphatic heterocycles. The van der Waals surface area contributed by atoms with Crippen LogP contribution in [0.1, 0.15) is 38.1 Å². The van der Waals surface area contributed by atoms with Crippen LogP contribution in [0.25, 0.3) is 11.4 Å². The minimum atomic E-state index is -2.40. The smallest absolute Gasteiger partial charge is 0.248 e. The van der Waals surface area contributed by atoms with Crippen LogP contribution in [0.5, 0.6) is 17.2 Å². The normalized spacial score (nSPS) is 15.1. The van der Waals surface area contributed by atoms with E-state index in [2.05, 4.69) is 10.2 Å². The molecule has 2 aromatic rings. The van der Waals surface area contributed by atoms with Crippen LogP contribution in [0.15, 0.2) is 17.3 Å². The molecule has 6 nitrogen and oxygen atoms in total. The summed E-state index contributed by atoms with van der Waals surface area (Å²) in [6.07, 6.45) is 2.98. The van der Waals surface area contributed by atoms with Gasteiger partial charge in [0.1, 0.15) is 0 Å². The molecule has 0 radical (unpaired) electrons. The van der Waals surface area contributed by atoms with Gasteiger partial charge < -0.3 is 14.2 Å². The quantitative estimate of drug-likeness (QED) is 0.578. The van der Waals surface area contributed by atoms with Crippen LogP contribution in [0.2, 0.25) is 0 Å². The first-order chi connectivity index (χ1) is 13.6. The molecule has 154 valence electrons. The van der Waals surface area contributed by atoms with E-state index in [1.165, 1.54) is 6.42 Å². The summed E-state index contributed by atoms with van der Waals surface area (Å²) in [6.45, 7) is 0. The highest BCUT2D eigenvalue weighted by molar-refractivity contribution is 7.99. The molecule has 0 spiro atoms. The number of thioether (sulfide) groups is 1. The number of nitrogens with zero attached hydrogens (tertiary/aromatic N) is 3. The van der Waals surface area contributed by atoms with Crippen molar-refractivity contribution in [2.24, 2.45) is 0 Å². The summed E-state index contributed by atoms with van der Waals surface area (Å²) in [5.41, 5.74) is 0.747. The van der Waals surface area contributed by atoms with E-state index < -0.39 is 6.43 Å². The Balaban J connectivity index is 2.08. The molecule has 0 saturated heterocycles. The van der Waals surface area contributed by atoms with E-state index in [1.54, 1.807) is 21.3 Å². The topological polar surface area (TPSA) is 58.4 Å². The zero-order chi connectivity index (χ0) is 20.1. The highest BCUT2D eigenvalue weighted by atomic mass is 32.2. The molecule has 1 heterocycles. The Morgan fingerprint density at radius 3 is 2.21 bits per heavy atom. The van der Waals surface area contributed by atoms with Crippen LogP contribution in [0.4, 0.5) is 8.78 Å². The van der Waals surface area contributed by atoms with Crippen LogP contribution in [0.3, 0.4) is 0 Å². The number of benzene rings is 1. The van der Waals surface area contributed by atoms with Gasteiger partial charge in [-0.25, -0.2) is 8.78 Å². The zero-order valence-electron chi connectivity index (χ0n) is 16.3. The maximum absolute atomic E-state index is 12.8. The lowest BCUT2D eigenvalue weighted by Gasteiger charge is -2.26. The Morgan fingerprint density at radius 1 is 1.04 bits per heavy atom. The van der Waals surface area contributed by atoms with Gasteiger partial charge in [-0.05, 0) is 25.0 Å². The molecule has 0 amide bonds. The highest BCUT2D eigenvalue weighted by Crippen LogP contribution is 2.43. The van der Waals surface area contributed by atoms with Crippen LogP contribution < -0.4 is 14.2 Å². The molecule has 0 bridgehead atoms. The molecule has 1 aliphatic rings. The number of halogens is 2. The minimum absolute atomic E-state index is 0.193. The van der Waals surface area contributed by atoms with Gasteiger partial charge in [0, 0.05) is 11.6 Å². The van der Waals surface area contributed by atoms with E-state index >= 15 is 0 Å². The summed E-state index contributed by atoms with van der Waals surface area (Å²) in [5, 5.41) is 9.09. The molecule has 0 atom stereocenters. The van der Waals surface area contributed by atoms with Crippen molar-refractivity contribution >= 4 is 11.8 Å². The number of aromatic nitrogens is 3. The largest absolute Gasteiger partial charge is 0.493 e. The molecular weight excluding hydrogens is 388 g/mol. The fourth-order valence-electron chi connectivity index (χ4n) is 3.59. The summed E-state index contributed by atoms with van der Waals surface area (Å²) in [4.78, 5) is 0. The predicted molar refractivity (Wildman–Crippen MR) is 104 cm³/mol. The average Bonchev–Trinajstić information content (AvgIpc) is 3.15. The van der Waals surface area contributed by atoms with Crippen molar-refractivity contribution in [3.05, 3.63) is 12.1 Å². The third-order valence-corrected chi connectivity index (χ3v) is 5.82. The van der Waals surface area contributed by atoms with E-state index in [0.717, 1.165) is 43.0 Å². The third kappa shape index (κ3) is 4.34. The molecule has 1 aromatic heterocycles. The lowest BCUT2D eigenvalue weighted by molar-refractivity contribution is 0.176. The first kappa shape index (κ1) is 20.7. The summed E-state index contributed by atoms with van der Waals surface area (Å²) >= 11 is 1.04. The first-order valence-corrected chi connectivity index (χ1v) is 10.2. The Labute approximate surface area is 167 Å². The van der Waals surface area contributed by atoms with Crippen molar-refractivity contribution in [1.29, 1.82) is 0 Å². The summed E-state index contributed by atoms with van der Waals surface area (Å²) in [5.74, 6) is 1.83. The van der Waals surface area contributed by atoms with Crippen molar-refractivity contribution < 1.29 is 23.0 Å². The maximum Gasteiger partial charge on any atom is 0.248 e. The molecular formula is C19H25F2N3O3S.